The average Bonchev–Trinajstić information content (AvgIpc) is 1.93. The van der Waals surface area contributed by atoms with Crippen molar-refractivity contribution in [1.82, 2.24) is 0 Å². The van der Waals surface area contributed by atoms with Gasteiger partial charge in [-0.2, -0.15) is 0 Å². The zero-order valence-corrected chi connectivity index (χ0v) is 8.92. The average molecular weight is 210 g/mol. The predicted octanol–water partition coefficient (Wildman–Crippen LogP) is 3.48. The normalized spacial score (nSPS) is 11.7. The van der Waals surface area contributed by atoms with Crippen molar-refractivity contribution in [2.75, 3.05) is 5.75 Å². The Bertz CT molecular complexity index is 154. The van der Waals surface area contributed by atoms with Gasteiger partial charge in [-0.3, -0.25) is 4.79 Å². The van der Waals surface area contributed by atoms with E-state index in [0.717, 1.165) is 25.5 Å². The second-order valence-electron chi connectivity index (χ2n) is 3.22. The van der Waals surface area contributed by atoms with Crippen LogP contribution in [-0.2, 0) is 4.79 Å². The third kappa shape index (κ3) is 11.9. The SMILES string of the molecule is CC(=O)SCCCCCC(C)(F)F. The Hall–Kier alpha value is -0.120. The number of hydrogen-bond donors (Lipinski definition) is 0. The lowest BCUT2D eigenvalue weighted by Gasteiger charge is -2.08. The smallest absolute Gasteiger partial charge is 0.245 e. The van der Waals surface area contributed by atoms with Crippen LogP contribution < -0.4 is 0 Å². The van der Waals surface area contributed by atoms with Crippen LogP contribution in [-0.4, -0.2) is 16.8 Å². The first kappa shape index (κ1) is 12.9. The topological polar surface area (TPSA) is 17.1 Å². The Morgan fingerprint density at radius 2 is 1.92 bits per heavy atom. The molecule has 0 aliphatic heterocycles. The molecule has 0 atom stereocenters. The van der Waals surface area contributed by atoms with E-state index in [1.165, 1.54) is 18.7 Å². The van der Waals surface area contributed by atoms with Gasteiger partial charge >= 0.3 is 0 Å². The Kier molecular flexibility index (Phi) is 6.29. The van der Waals surface area contributed by atoms with Gasteiger partial charge in [-0.15, -0.1) is 0 Å². The highest BCUT2D eigenvalue weighted by Crippen LogP contribution is 2.20. The maximum Gasteiger partial charge on any atom is 0.245 e. The summed E-state index contributed by atoms with van der Waals surface area (Å²) in [5, 5.41) is 0.0980. The van der Waals surface area contributed by atoms with E-state index < -0.39 is 5.92 Å². The molecule has 0 bridgehead atoms. The molecule has 0 rings (SSSR count). The van der Waals surface area contributed by atoms with Crippen LogP contribution in [0.1, 0.15) is 39.5 Å². The van der Waals surface area contributed by atoms with Gasteiger partial charge in [0.25, 0.3) is 0 Å². The van der Waals surface area contributed by atoms with Crippen LogP contribution in [0, 0.1) is 0 Å². The summed E-state index contributed by atoms with van der Waals surface area (Å²) >= 11 is 1.26. The monoisotopic (exact) mass is 210 g/mol. The van der Waals surface area contributed by atoms with E-state index >= 15 is 0 Å². The summed E-state index contributed by atoms with van der Waals surface area (Å²) in [6.07, 6.45) is 2.13. The molecular formula is C9H16F2OS. The quantitative estimate of drug-likeness (QED) is 0.624. The molecule has 0 amide bonds. The molecule has 0 aromatic heterocycles. The summed E-state index contributed by atoms with van der Waals surface area (Å²) in [4.78, 5) is 10.5. The molecule has 0 saturated carbocycles. The van der Waals surface area contributed by atoms with Crippen molar-refractivity contribution in [2.24, 2.45) is 0 Å². The standard InChI is InChI=1S/C9H16F2OS/c1-8(12)13-7-5-3-4-6-9(2,10)11/h3-7H2,1-2H3. The summed E-state index contributed by atoms with van der Waals surface area (Å²) in [7, 11) is 0. The Morgan fingerprint density at radius 1 is 1.31 bits per heavy atom. The van der Waals surface area contributed by atoms with Gasteiger partial charge in [0.15, 0.2) is 5.12 Å². The molecule has 0 heterocycles. The predicted molar refractivity (Wildman–Crippen MR) is 52.2 cm³/mol. The Morgan fingerprint density at radius 3 is 2.38 bits per heavy atom. The van der Waals surface area contributed by atoms with E-state index in [-0.39, 0.29) is 11.5 Å². The molecule has 0 aliphatic rings. The summed E-state index contributed by atoms with van der Waals surface area (Å²) < 4.78 is 24.6. The number of thioether (sulfide) groups is 1. The molecule has 0 aliphatic carbocycles. The highest BCUT2D eigenvalue weighted by molar-refractivity contribution is 8.13. The minimum Gasteiger partial charge on any atom is -0.288 e. The van der Waals surface area contributed by atoms with Crippen molar-refractivity contribution in [3.05, 3.63) is 0 Å². The number of unbranched alkanes of at least 4 members (excludes halogenated alkanes) is 2. The number of hydrogen-bond acceptors (Lipinski definition) is 2. The van der Waals surface area contributed by atoms with Crippen LogP contribution >= 0.6 is 11.8 Å². The Balaban J connectivity index is 3.13. The molecule has 0 unspecified atom stereocenters. The fourth-order valence-corrected chi connectivity index (χ4v) is 1.57. The third-order valence-corrected chi connectivity index (χ3v) is 2.46. The first-order valence-electron chi connectivity index (χ1n) is 4.43. The van der Waals surface area contributed by atoms with E-state index in [9.17, 15) is 13.6 Å². The summed E-state index contributed by atoms with van der Waals surface area (Å²) in [5.74, 6) is -1.78. The maximum absolute atomic E-state index is 12.3. The van der Waals surface area contributed by atoms with Crippen LogP contribution in [0.2, 0.25) is 0 Å². The number of halogens is 2. The van der Waals surface area contributed by atoms with Gasteiger partial charge in [0, 0.05) is 19.1 Å². The van der Waals surface area contributed by atoms with Gasteiger partial charge in [-0.1, -0.05) is 18.2 Å². The fraction of sp³-hybridized carbons (Fsp3) is 0.889. The zero-order chi connectivity index (χ0) is 10.3. The molecule has 0 radical (unpaired) electrons. The molecule has 0 N–H and O–H groups in total. The van der Waals surface area contributed by atoms with E-state index in [1.807, 2.05) is 0 Å². The van der Waals surface area contributed by atoms with E-state index in [0.29, 0.717) is 6.42 Å². The van der Waals surface area contributed by atoms with Crippen molar-refractivity contribution >= 4 is 16.9 Å². The molecule has 78 valence electrons. The summed E-state index contributed by atoms with van der Waals surface area (Å²) in [6, 6.07) is 0. The summed E-state index contributed by atoms with van der Waals surface area (Å²) in [6.45, 7) is 2.46. The Labute approximate surface area is 82.3 Å². The van der Waals surface area contributed by atoms with E-state index in [1.54, 1.807) is 0 Å². The van der Waals surface area contributed by atoms with Crippen LogP contribution in [0.15, 0.2) is 0 Å². The molecule has 0 aromatic carbocycles. The highest BCUT2D eigenvalue weighted by atomic mass is 32.2. The lowest BCUT2D eigenvalue weighted by atomic mass is 10.1. The van der Waals surface area contributed by atoms with Gasteiger partial charge in [0.1, 0.15) is 0 Å². The molecule has 1 nitrogen and oxygen atoms in total. The van der Waals surface area contributed by atoms with Gasteiger partial charge in [0.05, 0.1) is 0 Å². The van der Waals surface area contributed by atoms with Gasteiger partial charge in [-0.25, -0.2) is 8.78 Å². The fourth-order valence-electron chi connectivity index (χ4n) is 0.930. The van der Waals surface area contributed by atoms with Crippen LogP contribution in [0.3, 0.4) is 0 Å². The second-order valence-corrected chi connectivity index (χ2v) is 4.49. The van der Waals surface area contributed by atoms with Gasteiger partial charge < -0.3 is 0 Å². The first-order valence-corrected chi connectivity index (χ1v) is 5.41. The molecule has 0 saturated heterocycles. The number of carbonyl (C=O) groups is 1. The van der Waals surface area contributed by atoms with E-state index in [4.69, 9.17) is 0 Å². The number of alkyl halides is 2. The molecule has 0 spiro atoms. The molecule has 0 aromatic rings. The van der Waals surface area contributed by atoms with Crippen molar-refractivity contribution < 1.29 is 13.6 Å². The van der Waals surface area contributed by atoms with Gasteiger partial charge in [-0.05, 0) is 19.8 Å². The second kappa shape index (κ2) is 6.35. The highest BCUT2D eigenvalue weighted by Gasteiger charge is 2.19. The molecule has 4 heteroatoms. The maximum atomic E-state index is 12.3. The van der Waals surface area contributed by atoms with Crippen molar-refractivity contribution in [2.45, 2.75) is 45.5 Å². The third-order valence-electron chi connectivity index (χ3n) is 1.57. The minimum atomic E-state index is -2.53. The lowest BCUT2D eigenvalue weighted by Crippen LogP contribution is -2.08. The first-order chi connectivity index (χ1) is 5.92. The van der Waals surface area contributed by atoms with Crippen molar-refractivity contribution in [1.29, 1.82) is 0 Å². The largest absolute Gasteiger partial charge is 0.288 e. The summed E-state index contributed by atoms with van der Waals surface area (Å²) in [5.41, 5.74) is 0. The molecule has 13 heavy (non-hydrogen) atoms. The van der Waals surface area contributed by atoms with Crippen LogP contribution in [0.5, 0.6) is 0 Å². The molecular weight excluding hydrogens is 194 g/mol. The molecule has 0 fully saturated rings. The van der Waals surface area contributed by atoms with Crippen LogP contribution in [0.25, 0.3) is 0 Å². The number of carbonyl (C=O) groups excluding carboxylic acids is 1. The minimum absolute atomic E-state index is 0.0439. The van der Waals surface area contributed by atoms with Crippen molar-refractivity contribution in [3.8, 4) is 0 Å². The number of rotatable bonds is 6. The van der Waals surface area contributed by atoms with Crippen molar-refractivity contribution in [3.63, 3.8) is 0 Å². The van der Waals surface area contributed by atoms with Gasteiger partial charge in [0.2, 0.25) is 5.92 Å². The zero-order valence-electron chi connectivity index (χ0n) is 8.11. The van der Waals surface area contributed by atoms with Crippen LogP contribution in [0.4, 0.5) is 8.78 Å². The van der Waals surface area contributed by atoms with E-state index in [2.05, 4.69) is 0 Å². The lowest BCUT2D eigenvalue weighted by molar-refractivity contribution is -0.109.